The molecule has 0 fully saturated rings. The van der Waals surface area contributed by atoms with Crippen molar-refractivity contribution in [3.05, 3.63) is 36.5 Å². The molecule has 1 atom stereocenters. The van der Waals surface area contributed by atoms with E-state index in [-0.39, 0.29) is 0 Å². The zero-order valence-corrected chi connectivity index (χ0v) is 14.6. The zero-order chi connectivity index (χ0) is 17.0. The van der Waals surface area contributed by atoms with Gasteiger partial charge in [0.2, 0.25) is 0 Å². The van der Waals surface area contributed by atoms with Crippen LogP contribution in [0.15, 0.2) is 36.5 Å². The minimum Gasteiger partial charge on any atom is -0.480 e. The van der Waals surface area contributed by atoms with E-state index < -0.39 is 12.0 Å². The Morgan fingerprint density at radius 1 is 1.45 bits per heavy atom. The number of nitrogens with zero attached hydrogens (tertiary/aromatic N) is 2. The molecule has 6 nitrogen and oxygen atoms in total. The quantitative estimate of drug-likeness (QED) is 0.425. The summed E-state index contributed by atoms with van der Waals surface area (Å²) in [4.78, 5) is 11.3. The highest BCUT2D eigenvalue weighted by Crippen LogP contribution is 2.21. The van der Waals surface area contributed by atoms with Crippen LogP contribution >= 0.6 is 24.5 Å². The van der Waals surface area contributed by atoms with Crippen molar-refractivity contribution < 1.29 is 9.90 Å². The standard InChI is InChI=1S/C12H16N4O2S2.C2H6/c1-3-5-8(6-4-2)7-9(12(17)18)13-10-11(14-19)16-20-15-10;1-2/h3-6,9,19H,1,7H2,2H3,(H,13,15)(H,14,16)(H,17,18);1-2H3/b6-4-,8-5+;. The van der Waals surface area contributed by atoms with E-state index in [9.17, 15) is 9.90 Å². The number of hydrogen-bond donors (Lipinski definition) is 4. The number of hydrogen-bond acceptors (Lipinski definition) is 7. The number of carboxylic acid groups (broad SMARTS) is 1. The highest BCUT2D eigenvalue weighted by atomic mass is 32.1. The van der Waals surface area contributed by atoms with Gasteiger partial charge in [0, 0.05) is 6.42 Å². The van der Waals surface area contributed by atoms with E-state index in [0.717, 1.165) is 17.3 Å². The number of thiol groups is 1. The minimum absolute atomic E-state index is 0.301. The van der Waals surface area contributed by atoms with Crippen molar-refractivity contribution in [1.29, 1.82) is 0 Å². The largest absolute Gasteiger partial charge is 0.480 e. The Balaban J connectivity index is 0.00000211. The summed E-state index contributed by atoms with van der Waals surface area (Å²) in [6.45, 7) is 9.49. The summed E-state index contributed by atoms with van der Waals surface area (Å²) in [6, 6.07) is -0.818. The topological polar surface area (TPSA) is 87.1 Å². The molecule has 1 unspecified atom stereocenters. The Kier molecular flexibility index (Phi) is 10.8. The van der Waals surface area contributed by atoms with Crippen LogP contribution in [0, 0.1) is 0 Å². The summed E-state index contributed by atoms with van der Waals surface area (Å²) < 4.78 is 10.5. The lowest BCUT2D eigenvalue weighted by Gasteiger charge is -2.15. The second-order valence-electron chi connectivity index (χ2n) is 3.79. The Bertz CT molecular complexity index is 527. The van der Waals surface area contributed by atoms with Gasteiger partial charge in [-0.3, -0.25) is 0 Å². The highest BCUT2D eigenvalue weighted by Gasteiger charge is 2.21. The van der Waals surface area contributed by atoms with E-state index in [1.807, 2.05) is 32.9 Å². The Morgan fingerprint density at radius 2 is 2.09 bits per heavy atom. The monoisotopic (exact) mass is 342 g/mol. The number of carboxylic acids is 1. The molecule has 0 radical (unpaired) electrons. The van der Waals surface area contributed by atoms with E-state index >= 15 is 0 Å². The van der Waals surface area contributed by atoms with E-state index in [0.29, 0.717) is 18.1 Å². The average Bonchev–Trinajstić information content (AvgIpc) is 2.96. The minimum atomic E-state index is -0.970. The van der Waals surface area contributed by atoms with Crippen LogP contribution in [0.3, 0.4) is 0 Å². The molecule has 122 valence electrons. The normalized spacial score (nSPS) is 12.3. The summed E-state index contributed by atoms with van der Waals surface area (Å²) in [5.74, 6) is -0.191. The van der Waals surface area contributed by atoms with Crippen LogP contribution in [0.2, 0.25) is 0 Å². The molecule has 8 heteroatoms. The van der Waals surface area contributed by atoms with Gasteiger partial charge in [-0.05, 0) is 12.5 Å². The first-order valence-corrected chi connectivity index (χ1v) is 7.96. The van der Waals surface area contributed by atoms with Crippen LogP contribution < -0.4 is 10.0 Å². The first-order valence-electron chi connectivity index (χ1n) is 6.78. The maximum Gasteiger partial charge on any atom is 0.326 e. The fraction of sp³-hybridized carbons (Fsp3) is 0.357. The number of rotatable bonds is 8. The van der Waals surface area contributed by atoms with Crippen LogP contribution in [0.25, 0.3) is 0 Å². The van der Waals surface area contributed by atoms with E-state index in [2.05, 4.69) is 38.2 Å². The summed E-state index contributed by atoms with van der Waals surface area (Å²) in [7, 11) is 0. The maximum absolute atomic E-state index is 11.3. The fourth-order valence-corrected chi connectivity index (χ4v) is 2.21. The first-order chi connectivity index (χ1) is 10.6. The van der Waals surface area contributed by atoms with Crippen molar-refractivity contribution in [2.75, 3.05) is 10.0 Å². The lowest BCUT2D eigenvalue weighted by molar-refractivity contribution is -0.137. The molecule has 0 spiro atoms. The summed E-state index contributed by atoms with van der Waals surface area (Å²) in [5, 5.41) is 12.1. The molecule has 1 aromatic rings. The lowest BCUT2D eigenvalue weighted by atomic mass is 10.1. The van der Waals surface area contributed by atoms with E-state index in [1.165, 1.54) is 0 Å². The molecule has 0 aliphatic heterocycles. The first kappa shape index (κ1) is 20.2. The average molecular weight is 342 g/mol. The highest BCUT2D eigenvalue weighted by molar-refractivity contribution is 7.81. The Labute approximate surface area is 140 Å². The van der Waals surface area contributed by atoms with Crippen molar-refractivity contribution in [3.8, 4) is 0 Å². The van der Waals surface area contributed by atoms with Crippen LogP contribution in [0.4, 0.5) is 11.6 Å². The molecule has 0 aliphatic carbocycles. The van der Waals surface area contributed by atoms with Crippen molar-refractivity contribution in [1.82, 2.24) is 8.75 Å². The second-order valence-corrected chi connectivity index (χ2v) is 4.54. The molecular formula is C14H22N4O2S2. The third kappa shape index (κ3) is 6.77. The SMILES string of the molecule is C=C/C=C(\C=C/C)CC(Nc1nsnc1NS)C(=O)O.CC. The van der Waals surface area contributed by atoms with Crippen LogP contribution in [0.5, 0.6) is 0 Å². The molecule has 1 aromatic heterocycles. The molecule has 0 bridgehead atoms. The number of aliphatic carboxylic acids is 1. The van der Waals surface area contributed by atoms with Crippen molar-refractivity contribution in [3.63, 3.8) is 0 Å². The predicted octanol–water partition coefficient (Wildman–Crippen LogP) is 3.76. The van der Waals surface area contributed by atoms with Gasteiger partial charge in [0.25, 0.3) is 0 Å². The second kappa shape index (κ2) is 11.8. The van der Waals surface area contributed by atoms with Crippen molar-refractivity contribution >= 4 is 42.1 Å². The molecule has 0 saturated carbocycles. The Hall–Kier alpha value is -1.80. The predicted molar refractivity (Wildman–Crippen MR) is 96.6 cm³/mol. The molecule has 3 N–H and O–H groups in total. The van der Waals surface area contributed by atoms with Crippen LogP contribution in [-0.4, -0.2) is 25.9 Å². The summed E-state index contributed by atoms with van der Waals surface area (Å²) in [6.07, 6.45) is 7.39. The number of aromatic nitrogens is 2. The lowest BCUT2D eigenvalue weighted by Crippen LogP contribution is -2.30. The molecule has 1 rings (SSSR count). The third-order valence-electron chi connectivity index (χ3n) is 2.36. The van der Waals surface area contributed by atoms with Gasteiger partial charge in [-0.25, -0.2) is 4.79 Å². The van der Waals surface area contributed by atoms with Gasteiger partial charge in [-0.15, -0.1) is 0 Å². The van der Waals surface area contributed by atoms with Crippen LogP contribution in [-0.2, 0) is 4.79 Å². The fourth-order valence-electron chi connectivity index (χ4n) is 1.51. The molecular weight excluding hydrogens is 320 g/mol. The summed E-state index contributed by atoms with van der Waals surface area (Å²) in [5.41, 5.74) is 0.853. The molecule has 0 aliphatic rings. The number of allylic oxidation sites excluding steroid dienone is 4. The third-order valence-corrected chi connectivity index (χ3v) is 3.10. The molecule has 1 heterocycles. The van der Waals surface area contributed by atoms with Gasteiger partial charge in [0.15, 0.2) is 11.6 Å². The van der Waals surface area contributed by atoms with Crippen LogP contribution in [0.1, 0.15) is 27.2 Å². The van der Waals surface area contributed by atoms with Gasteiger partial charge in [-0.1, -0.05) is 57.5 Å². The van der Waals surface area contributed by atoms with Gasteiger partial charge in [0.05, 0.1) is 11.7 Å². The van der Waals surface area contributed by atoms with Gasteiger partial charge < -0.3 is 15.1 Å². The number of anilines is 2. The van der Waals surface area contributed by atoms with Crippen molar-refractivity contribution in [2.24, 2.45) is 0 Å². The van der Waals surface area contributed by atoms with E-state index in [1.54, 1.807) is 12.2 Å². The summed E-state index contributed by atoms with van der Waals surface area (Å²) >= 11 is 4.86. The smallest absolute Gasteiger partial charge is 0.326 e. The maximum atomic E-state index is 11.3. The van der Waals surface area contributed by atoms with E-state index in [4.69, 9.17) is 0 Å². The van der Waals surface area contributed by atoms with Gasteiger partial charge in [0.1, 0.15) is 6.04 Å². The molecule has 0 aromatic carbocycles. The van der Waals surface area contributed by atoms with Gasteiger partial charge >= 0.3 is 5.97 Å². The number of nitrogens with one attached hydrogen (secondary N) is 2. The Morgan fingerprint density at radius 3 is 2.59 bits per heavy atom. The van der Waals surface area contributed by atoms with Gasteiger partial charge in [-0.2, -0.15) is 8.75 Å². The zero-order valence-electron chi connectivity index (χ0n) is 12.9. The number of carbonyl (C=O) groups is 1. The molecule has 0 saturated heterocycles. The molecule has 0 amide bonds. The van der Waals surface area contributed by atoms with Crippen molar-refractivity contribution in [2.45, 2.75) is 33.2 Å². The molecule has 22 heavy (non-hydrogen) atoms.